The molecule has 0 saturated carbocycles. The van der Waals surface area contributed by atoms with E-state index >= 15 is 0 Å². The molecule has 0 bridgehead atoms. The van der Waals surface area contributed by atoms with Crippen molar-refractivity contribution in [2.75, 3.05) is 13.7 Å². The van der Waals surface area contributed by atoms with E-state index in [1.807, 2.05) is 0 Å². The Morgan fingerprint density at radius 3 is 2.05 bits per heavy atom. The predicted octanol–water partition coefficient (Wildman–Crippen LogP) is 1.01. The zero-order valence-electron chi connectivity index (χ0n) is 10.8. The Kier molecular flexibility index (Phi) is 3.50. The van der Waals surface area contributed by atoms with Crippen LogP contribution in [0.1, 0.15) is 12.5 Å². The third-order valence-electron chi connectivity index (χ3n) is 2.95. The molecule has 1 fully saturated rings. The van der Waals surface area contributed by atoms with Crippen molar-refractivity contribution in [1.29, 1.82) is 0 Å². The molecule has 19 heavy (non-hydrogen) atoms. The van der Waals surface area contributed by atoms with Gasteiger partial charge in [0, 0.05) is 6.54 Å². The van der Waals surface area contributed by atoms with Crippen LogP contribution in [-0.2, 0) is 16.1 Å². The molecule has 1 aromatic carbocycles. The van der Waals surface area contributed by atoms with Crippen molar-refractivity contribution in [1.82, 2.24) is 9.80 Å². The highest BCUT2D eigenvalue weighted by atomic mass is 16.5. The van der Waals surface area contributed by atoms with Gasteiger partial charge in [0.2, 0.25) is 0 Å². The van der Waals surface area contributed by atoms with Crippen molar-refractivity contribution in [2.45, 2.75) is 13.5 Å². The first-order chi connectivity index (χ1) is 9.08. The molecule has 4 amide bonds. The first-order valence-electron chi connectivity index (χ1n) is 5.88. The summed E-state index contributed by atoms with van der Waals surface area (Å²) in [6, 6.07) is 6.41. The third-order valence-corrected chi connectivity index (χ3v) is 2.95. The van der Waals surface area contributed by atoms with E-state index in [1.165, 1.54) is 0 Å². The number of hydrogen-bond acceptors (Lipinski definition) is 4. The molecule has 0 aromatic heterocycles. The summed E-state index contributed by atoms with van der Waals surface area (Å²) >= 11 is 0. The summed E-state index contributed by atoms with van der Waals surface area (Å²) in [5.41, 5.74) is 0.758. The van der Waals surface area contributed by atoms with Crippen molar-refractivity contribution in [3.63, 3.8) is 0 Å². The van der Waals surface area contributed by atoms with E-state index in [0.29, 0.717) is 5.75 Å². The number of likely N-dealkylation sites (N-methyl/N-ethyl adjacent to an activating group) is 1. The van der Waals surface area contributed by atoms with Crippen LogP contribution in [0.25, 0.3) is 0 Å². The fourth-order valence-corrected chi connectivity index (χ4v) is 1.88. The molecule has 1 aliphatic heterocycles. The number of amides is 4. The molecule has 0 unspecified atom stereocenters. The van der Waals surface area contributed by atoms with Crippen LogP contribution < -0.4 is 4.74 Å². The van der Waals surface area contributed by atoms with Gasteiger partial charge < -0.3 is 4.74 Å². The first-order valence-corrected chi connectivity index (χ1v) is 5.88. The molecule has 0 aliphatic carbocycles. The van der Waals surface area contributed by atoms with Crippen LogP contribution in [0.3, 0.4) is 0 Å². The summed E-state index contributed by atoms with van der Waals surface area (Å²) in [6.07, 6.45) is 0. The molecule has 6 nitrogen and oxygen atoms in total. The number of methoxy groups -OCH3 is 1. The highest BCUT2D eigenvalue weighted by Gasteiger charge is 2.43. The topological polar surface area (TPSA) is 66.9 Å². The first kappa shape index (κ1) is 13.1. The Balaban J connectivity index is 2.16. The Morgan fingerprint density at radius 2 is 1.58 bits per heavy atom. The molecule has 0 atom stereocenters. The molecule has 1 saturated heterocycles. The number of ether oxygens (including phenoxy) is 1. The van der Waals surface area contributed by atoms with Crippen molar-refractivity contribution in [3.8, 4) is 5.75 Å². The van der Waals surface area contributed by atoms with Gasteiger partial charge in [-0.2, -0.15) is 0 Å². The highest BCUT2D eigenvalue weighted by molar-refractivity contribution is 6.44. The van der Waals surface area contributed by atoms with Gasteiger partial charge >= 0.3 is 17.8 Å². The molecular formula is C13H14N2O4. The lowest BCUT2D eigenvalue weighted by Gasteiger charge is -2.14. The molecular weight excluding hydrogens is 248 g/mol. The van der Waals surface area contributed by atoms with Gasteiger partial charge in [-0.3, -0.25) is 19.4 Å². The molecule has 2 rings (SSSR count). The summed E-state index contributed by atoms with van der Waals surface area (Å²) < 4.78 is 5.02. The number of rotatable bonds is 4. The summed E-state index contributed by atoms with van der Waals surface area (Å²) in [7, 11) is 1.56. The molecule has 0 spiro atoms. The van der Waals surface area contributed by atoms with E-state index < -0.39 is 17.8 Å². The lowest BCUT2D eigenvalue weighted by atomic mass is 10.2. The van der Waals surface area contributed by atoms with Gasteiger partial charge in [-0.1, -0.05) is 12.1 Å². The predicted molar refractivity (Wildman–Crippen MR) is 66.3 cm³/mol. The number of hydrogen-bond donors (Lipinski definition) is 0. The quantitative estimate of drug-likeness (QED) is 0.600. The van der Waals surface area contributed by atoms with E-state index in [9.17, 15) is 14.4 Å². The van der Waals surface area contributed by atoms with Crippen molar-refractivity contribution < 1.29 is 19.1 Å². The second-order valence-electron chi connectivity index (χ2n) is 4.07. The second kappa shape index (κ2) is 5.09. The van der Waals surface area contributed by atoms with Crippen LogP contribution in [0.4, 0.5) is 4.79 Å². The van der Waals surface area contributed by atoms with E-state index in [4.69, 9.17) is 4.74 Å². The van der Waals surface area contributed by atoms with Gasteiger partial charge in [0.15, 0.2) is 0 Å². The summed E-state index contributed by atoms with van der Waals surface area (Å²) in [6.45, 7) is 1.94. The summed E-state index contributed by atoms with van der Waals surface area (Å²) in [4.78, 5) is 37.0. The summed E-state index contributed by atoms with van der Waals surface area (Å²) in [5.74, 6) is -0.849. The van der Waals surface area contributed by atoms with Crippen molar-refractivity contribution in [3.05, 3.63) is 29.8 Å². The van der Waals surface area contributed by atoms with E-state index in [-0.39, 0.29) is 13.1 Å². The zero-order valence-corrected chi connectivity index (χ0v) is 10.8. The Bertz CT molecular complexity index is 524. The molecule has 1 heterocycles. The average molecular weight is 262 g/mol. The minimum Gasteiger partial charge on any atom is -0.497 e. The SMILES string of the molecule is CCN1C(=O)C(=O)N(Cc2ccc(OC)cc2)C1=O. The van der Waals surface area contributed by atoms with Gasteiger partial charge in [0.1, 0.15) is 5.75 Å². The average Bonchev–Trinajstić information content (AvgIpc) is 2.63. The van der Waals surface area contributed by atoms with E-state index in [2.05, 4.69) is 0 Å². The fraction of sp³-hybridized carbons (Fsp3) is 0.308. The van der Waals surface area contributed by atoms with Crippen LogP contribution in [-0.4, -0.2) is 41.3 Å². The van der Waals surface area contributed by atoms with Gasteiger partial charge in [-0.15, -0.1) is 0 Å². The fourth-order valence-electron chi connectivity index (χ4n) is 1.88. The van der Waals surface area contributed by atoms with Crippen LogP contribution in [0.15, 0.2) is 24.3 Å². The molecule has 6 heteroatoms. The lowest BCUT2D eigenvalue weighted by Crippen LogP contribution is -2.32. The number of nitrogens with zero attached hydrogens (tertiary/aromatic N) is 2. The molecule has 100 valence electrons. The Morgan fingerprint density at radius 1 is 1.00 bits per heavy atom. The smallest absolute Gasteiger partial charge is 0.334 e. The highest BCUT2D eigenvalue weighted by Crippen LogP contribution is 2.17. The van der Waals surface area contributed by atoms with E-state index in [1.54, 1.807) is 38.3 Å². The lowest BCUT2D eigenvalue weighted by molar-refractivity contribution is -0.143. The van der Waals surface area contributed by atoms with Crippen LogP contribution in [0.5, 0.6) is 5.75 Å². The third kappa shape index (κ3) is 2.29. The number of carbonyl (C=O) groups excluding carboxylic acids is 3. The maximum Gasteiger partial charge on any atom is 0.334 e. The van der Waals surface area contributed by atoms with Gasteiger partial charge in [0.05, 0.1) is 13.7 Å². The number of imide groups is 2. The van der Waals surface area contributed by atoms with Crippen LogP contribution in [0, 0.1) is 0 Å². The molecule has 1 aliphatic rings. The maximum absolute atomic E-state index is 11.9. The minimum atomic E-state index is -0.775. The Labute approximate surface area is 110 Å². The van der Waals surface area contributed by atoms with Crippen molar-refractivity contribution in [2.24, 2.45) is 0 Å². The number of benzene rings is 1. The summed E-state index contributed by atoms with van der Waals surface area (Å²) in [5, 5.41) is 0. The van der Waals surface area contributed by atoms with Crippen LogP contribution >= 0.6 is 0 Å². The molecule has 0 radical (unpaired) electrons. The van der Waals surface area contributed by atoms with Gasteiger partial charge in [-0.25, -0.2) is 4.79 Å². The monoisotopic (exact) mass is 262 g/mol. The number of urea groups is 1. The molecule has 0 N–H and O–H groups in total. The second-order valence-corrected chi connectivity index (χ2v) is 4.07. The number of carbonyl (C=O) groups is 3. The zero-order chi connectivity index (χ0) is 14.0. The largest absolute Gasteiger partial charge is 0.497 e. The molecule has 1 aromatic rings. The van der Waals surface area contributed by atoms with Gasteiger partial charge in [-0.05, 0) is 24.6 Å². The standard InChI is InChI=1S/C13H14N2O4/c1-3-14-11(16)12(17)15(13(14)18)8-9-4-6-10(19-2)7-5-9/h4-7H,3,8H2,1-2H3. The maximum atomic E-state index is 11.9. The minimum absolute atomic E-state index is 0.0872. The Hall–Kier alpha value is -2.37. The van der Waals surface area contributed by atoms with Crippen molar-refractivity contribution >= 4 is 17.8 Å². The van der Waals surface area contributed by atoms with E-state index in [0.717, 1.165) is 15.4 Å². The van der Waals surface area contributed by atoms with Gasteiger partial charge in [0.25, 0.3) is 0 Å². The van der Waals surface area contributed by atoms with Crippen LogP contribution in [0.2, 0.25) is 0 Å². The normalized spacial score (nSPS) is 15.4.